The molecule has 6 heteroatoms. The zero-order valence-electron chi connectivity index (χ0n) is 10.1. The lowest BCUT2D eigenvalue weighted by Crippen LogP contribution is -2.12. The predicted molar refractivity (Wildman–Crippen MR) is 70.2 cm³/mol. The van der Waals surface area contributed by atoms with Gasteiger partial charge in [-0.25, -0.2) is 9.59 Å². The smallest absolute Gasteiger partial charge is 0.351 e. The molecular formula is C13H11ClO5. The number of ether oxygens (including phenoxy) is 1. The van der Waals surface area contributed by atoms with Gasteiger partial charge < -0.3 is 14.3 Å². The van der Waals surface area contributed by atoms with Crippen LogP contribution in [-0.4, -0.2) is 17.7 Å². The van der Waals surface area contributed by atoms with Crippen LogP contribution < -0.4 is 10.4 Å². The highest BCUT2D eigenvalue weighted by molar-refractivity contribution is 6.32. The van der Waals surface area contributed by atoms with Gasteiger partial charge in [-0.1, -0.05) is 18.5 Å². The average molecular weight is 283 g/mol. The maximum absolute atomic E-state index is 11.5. The van der Waals surface area contributed by atoms with Gasteiger partial charge in [0.15, 0.2) is 0 Å². The fourth-order valence-electron chi connectivity index (χ4n) is 1.59. The number of carbonyl (C=O) groups is 1. The summed E-state index contributed by atoms with van der Waals surface area (Å²) in [4.78, 5) is 22.3. The highest BCUT2D eigenvalue weighted by Crippen LogP contribution is 2.30. The normalized spacial score (nSPS) is 10.6. The second-order valence-electron chi connectivity index (χ2n) is 3.92. The van der Waals surface area contributed by atoms with E-state index in [-0.39, 0.29) is 5.58 Å². The molecule has 19 heavy (non-hydrogen) atoms. The Morgan fingerprint density at radius 1 is 1.42 bits per heavy atom. The molecule has 0 radical (unpaired) electrons. The number of aromatic carboxylic acids is 1. The zero-order valence-corrected chi connectivity index (χ0v) is 10.9. The highest BCUT2D eigenvalue weighted by atomic mass is 35.5. The fourth-order valence-corrected chi connectivity index (χ4v) is 1.82. The van der Waals surface area contributed by atoms with Crippen molar-refractivity contribution < 1.29 is 19.1 Å². The van der Waals surface area contributed by atoms with Crippen LogP contribution in [0.2, 0.25) is 5.02 Å². The van der Waals surface area contributed by atoms with Gasteiger partial charge in [0.2, 0.25) is 0 Å². The SMILES string of the molecule is CCCOc1cc2oc(=O)c(C(=O)O)cc2cc1Cl. The van der Waals surface area contributed by atoms with E-state index in [1.165, 1.54) is 18.2 Å². The topological polar surface area (TPSA) is 76.7 Å². The van der Waals surface area contributed by atoms with Crippen molar-refractivity contribution in [2.24, 2.45) is 0 Å². The van der Waals surface area contributed by atoms with E-state index in [2.05, 4.69) is 0 Å². The lowest BCUT2D eigenvalue weighted by Gasteiger charge is -2.07. The molecule has 0 bridgehead atoms. The molecule has 0 atom stereocenters. The first-order valence-corrected chi connectivity index (χ1v) is 6.04. The van der Waals surface area contributed by atoms with Crippen LogP contribution in [0.15, 0.2) is 27.4 Å². The first kappa shape index (κ1) is 13.4. The van der Waals surface area contributed by atoms with E-state index in [0.717, 1.165) is 6.42 Å². The van der Waals surface area contributed by atoms with Crippen molar-refractivity contribution >= 4 is 28.5 Å². The third-order valence-corrected chi connectivity index (χ3v) is 2.77. The van der Waals surface area contributed by atoms with Crippen LogP contribution >= 0.6 is 11.6 Å². The van der Waals surface area contributed by atoms with Crippen LogP contribution in [0.4, 0.5) is 0 Å². The number of benzene rings is 1. The van der Waals surface area contributed by atoms with E-state index in [9.17, 15) is 9.59 Å². The molecule has 100 valence electrons. The van der Waals surface area contributed by atoms with E-state index in [4.69, 9.17) is 25.9 Å². The Balaban J connectivity index is 2.58. The Hall–Kier alpha value is -2.01. The zero-order chi connectivity index (χ0) is 14.0. The summed E-state index contributed by atoms with van der Waals surface area (Å²) in [5, 5.41) is 9.62. The Bertz CT molecular complexity index is 689. The summed E-state index contributed by atoms with van der Waals surface area (Å²) in [5.74, 6) is -0.930. The largest absolute Gasteiger partial charge is 0.492 e. The lowest BCUT2D eigenvalue weighted by atomic mass is 10.2. The Labute approximate surface area is 113 Å². The molecule has 0 amide bonds. The molecule has 0 aliphatic heterocycles. The van der Waals surface area contributed by atoms with Gasteiger partial charge in [0, 0.05) is 11.5 Å². The summed E-state index contributed by atoms with van der Waals surface area (Å²) < 4.78 is 10.4. The van der Waals surface area contributed by atoms with Gasteiger partial charge >= 0.3 is 11.6 Å². The van der Waals surface area contributed by atoms with Crippen molar-refractivity contribution in [3.8, 4) is 5.75 Å². The number of carboxylic acids is 1. The van der Waals surface area contributed by atoms with Crippen LogP contribution in [0.3, 0.4) is 0 Å². The minimum absolute atomic E-state index is 0.241. The Morgan fingerprint density at radius 3 is 2.79 bits per heavy atom. The minimum atomic E-state index is -1.34. The van der Waals surface area contributed by atoms with Crippen LogP contribution in [-0.2, 0) is 0 Å². The molecule has 0 saturated heterocycles. The van der Waals surface area contributed by atoms with E-state index >= 15 is 0 Å². The summed E-state index contributed by atoms with van der Waals surface area (Å²) in [7, 11) is 0. The molecule has 1 heterocycles. The van der Waals surface area contributed by atoms with Crippen LogP contribution in [0.25, 0.3) is 11.0 Å². The quantitative estimate of drug-likeness (QED) is 0.873. The van der Waals surface area contributed by atoms with Crippen molar-refractivity contribution in [3.63, 3.8) is 0 Å². The van der Waals surface area contributed by atoms with Crippen LogP contribution in [0.1, 0.15) is 23.7 Å². The molecule has 0 aliphatic carbocycles. The first-order chi connectivity index (χ1) is 9.02. The van der Waals surface area contributed by atoms with E-state index < -0.39 is 17.2 Å². The predicted octanol–water partition coefficient (Wildman–Crippen LogP) is 2.93. The summed E-state index contributed by atoms with van der Waals surface area (Å²) >= 11 is 6.02. The first-order valence-electron chi connectivity index (χ1n) is 5.66. The molecule has 1 aromatic carbocycles. The monoisotopic (exact) mass is 282 g/mol. The van der Waals surface area contributed by atoms with Gasteiger partial charge in [0.25, 0.3) is 0 Å². The van der Waals surface area contributed by atoms with Crippen molar-refractivity contribution in [1.82, 2.24) is 0 Å². The standard InChI is InChI=1S/C13H11ClO5/c1-2-3-18-11-6-10-7(5-9(11)14)4-8(12(15)16)13(17)19-10/h4-6H,2-3H2,1H3,(H,15,16). The van der Waals surface area contributed by atoms with Gasteiger partial charge in [-0.05, 0) is 18.6 Å². The molecule has 1 aromatic heterocycles. The fraction of sp³-hybridized carbons (Fsp3) is 0.231. The van der Waals surface area contributed by atoms with Gasteiger partial charge in [-0.2, -0.15) is 0 Å². The summed E-state index contributed by atoms with van der Waals surface area (Å²) in [6.45, 7) is 2.44. The number of halogens is 1. The molecule has 5 nitrogen and oxygen atoms in total. The molecule has 0 fully saturated rings. The second kappa shape index (κ2) is 5.32. The van der Waals surface area contributed by atoms with Gasteiger partial charge in [-0.3, -0.25) is 0 Å². The maximum atomic E-state index is 11.5. The summed E-state index contributed by atoms with van der Waals surface area (Å²) in [5.41, 5.74) is -1.08. The number of fused-ring (bicyclic) bond motifs is 1. The number of carboxylic acid groups (broad SMARTS) is 1. The molecule has 2 rings (SSSR count). The number of hydrogen-bond donors (Lipinski definition) is 1. The van der Waals surface area contributed by atoms with Crippen molar-refractivity contribution in [1.29, 1.82) is 0 Å². The van der Waals surface area contributed by atoms with E-state index in [0.29, 0.717) is 22.8 Å². The third-order valence-electron chi connectivity index (χ3n) is 2.48. The van der Waals surface area contributed by atoms with Crippen LogP contribution in [0.5, 0.6) is 5.75 Å². The number of hydrogen-bond acceptors (Lipinski definition) is 4. The second-order valence-corrected chi connectivity index (χ2v) is 4.33. The minimum Gasteiger partial charge on any atom is -0.492 e. The highest BCUT2D eigenvalue weighted by Gasteiger charge is 2.14. The maximum Gasteiger partial charge on any atom is 0.351 e. The lowest BCUT2D eigenvalue weighted by molar-refractivity contribution is 0.0692. The molecule has 1 N–H and O–H groups in total. The van der Waals surface area contributed by atoms with Crippen LogP contribution in [0, 0.1) is 0 Å². The molecule has 0 aliphatic rings. The average Bonchev–Trinajstić information content (AvgIpc) is 2.36. The molecular weight excluding hydrogens is 272 g/mol. The van der Waals surface area contributed by atoms with Crippen molar-refractivity contribution in [2.75, 3.05) is 6.61 Å². The Kier molecular flexibility index (Phi) is 3.76. The summed E-state index contributed by atoms with van der Waals surface area (Å²) in [6.07, 6.45) is 0.816. The van der Waals surface area contributed by atoms with Gasteiger partial charge in [0.05, 0.1) is 11.6 Å². The number of rotatable bonds is 4. The van der Waals surface area contributed by atoms with E-state index in [1.807, 2.05) is 6.92 Å². The molecule has 2 aromatic rings. The Morgan fingerprint density at radius 2 is 2.16 bits per heavy atom. The van der Waals surface area contributed by atoms with Gasteiger partial charge in [-0.15, -0.1) is 0 Å². The van der Waals surface area contributed by atoms with Crippen molar-refractivity contribution in [3.05, 3.63) is 39.2 Å². The molecule has 0 spiro atoms. The van der Waals surface area contributed by atoms with Gasteiger partial charge in [0.1, 0.15) is 16.9 Å². The molecule has 0 saturated carbocycles. The molecule has 0 unspecified atom stereocenters. The van der Waals surface area contributed by atoms with E-state index in [1.54, 1.807) is 0 Å². The van der Waals surface area contributed by atoms with Crippen molar-refractivity contribution in [2.45, 2.75) is 13.3 Å². The summed E-state index contributed by atoms with van der Waals surface area (Å²) in [6, 6.07) is 4.23. The third kappa shape index (κ3) is 2.71.